The van der Waals surface area contributed by atoms with E-state index < -0.39 is 6.10 Å². The molecular weight excluding hydrogens is 364 g/mol. The molecule has 0 radical (unpaired) electrons. The van der Waals surface area contributed by atoms with Crippen LogP contribution < -0.4 is 15.4 Å². The molecule has 29 heavy (non-hydrogen) atoms. The van der Waals surface area contributed by atoms with Crippen LogP contribution in [0.15, 0.2) is 60.3 Å². The molecule has 1 amide bonds. The fourth-order valence-electron chi connectivity index (χ4n) is 3.94. The second kappa shape index (κ2) is 8.52. The molecule has 5 nitrogen and oxygen atoms in total. The van der Waals surface area contributed by atoms with Crippen LogP contribution in [0.5, 0.6) is 5.75 Å². The molecule has 0 saturated heterocycles. The van der Waals surface area contributed by atoms with Crippen molar-refractivity contribution in [1.29, 1.82) is 0 Å². The fraction of sp³-hybridized carbons (Fsp3) is 0.333. The molecule has 2 aromatic rings. The lowest BCUT2D eigenvalue weighted by Crippen LogP contribution is -2.48. The molecule has 1 atom stereocenters. The van der Waals surface area contributed by atoms with Gasteiger partial charge < -0.3 is 15.4 Å². The van der Waals surface area contributed by atoms with E-state index in [0.29, 0.717) is 16.9 Å². The summed E-state index contributed by atoms with van der Waals surface area (Å²) in [6.45, 7) is 1.93. The first-order valence-electron chi connectivity index (χ1n) is 10.3. The maximum Gasteiger partial charge on any atom is 0.266 e. The van der Waals surface area contributed by atoms with Gasteiger partial charge >= 0.3 is 0 Å². The highest BCUT2D eigenvalue weighted by Gasteiger charge is 2.37. The molecular formula is C24H26N2O3. The second-order valence-corrected chi connectivity index (χ2v) is 7.78. The number of ketones is 1. The van der Waals surface area contributed by atoms with Gasteiger partial charge in [-0.25, -0.2) is 0 Å². The number of para-hydroxylation sites is 1. The molecule has 5 heteroatoms. The Morgan fingerprint density at radius 1 is 1.07 bits per heavy atom. The Bertz CT molecular complexity index is 930. The monoisotopic (exact) mass is 390 g/mol. The number of rotatable bonds is 4. The molecule has 2 N–H and O–H groups in total. The van der Waals surface area contributed by atoms with Crippen LogP contribution in [-0.2, 0) is 4.79 Å². The van der Waals surface area contributed by atoms with E-state index in [9.17, 15) is 9.59 Å². The van der Waals surface area contributed by atoms with Crippen LogP contribution in [0.2, 0.25) is 0 Å². The first-order valence-corrected chi connectivity index (χ1v) is 10.3. The number of aryl methyl sites for hydroxylation is 1. The molecule has 2 aromatic carbocycles. The van der Waals surface area contributed by atoms with Gasteiger partial charge in [0.15, 0.2) is 5.78 Å². The Labute approximate surface area is 171 Å². The van der Waals surface area contributed by atoms with Gasteiger partial charge in [0.2, 0.25) is 6.10 Å². The van der Waals surface area contributed by atoms with E-state index in [1.165, 1.54) is 6.42 Å². The average Bonchev–Trinajstić information content (AvgIpc) is 2.75. The third-order valence-electron chi connectivity index (χ3n) is 5.53. The highest BCUT2D eigenvalue weighted by atomic mass is 16.5. The Morgan fingerprint density at radius 3 is 2.59 bits per heavy atom. The molecule has 150 valence electrons. The molecule has 1 heterocycles. The summed E-state index contributed by atoms with van der Waals surface area (Å²) in [7, 11) is 0. The minimum absolute atomic E-state index is 0.151. The lowest BCUT2D eigenvalue weighted by atomic mass is 9.92. The van der Waals surface area contributed by atoms with Crippen LogP contribution in [0.25, 0.3) is 0 Å². The number of ether oxygens (including phenoxy) is 1. The largest absolute Gasteiger partial charge is 0.475 e. The molecule has 2 aliphatic rings. The number of anilines is 1. The molecule has 1 fully saturated rings. The van der Waals surface area contributed by atoms with E-state index in [2.05, 4.69) is 10.6 Å². The standard InChI is InChI=1S/C24H26N2O3/c1-16-12-13-21-19(14-16)22(27)20(15-25-17-8-4-2-5-9-17)23(29-21)24(28)26-18-10-6-3-7-11-18/h2,4-5,8-9,12-15,18,23,25H,3,6-7,10-11H2,1H3,(H,26,28)/b20-15+. The normalized spacial score (nSPS) is 20.7. The molecule has 0 aromatic heterocycles. The van der Waals surface area contributed by atoms with E-state index in [1.54, 1.807) is 12.3 Å². The zero-order valence-electron chi connectivity index (χ0n) is 16.6. The van der Waals surface area contributed by atoms with E-state index >= 15 is 0 Å². The summed E-state index contributed by atoms with van der Waals surface area (Å²) in [5.74, 6) is 0.0287. The van der Waals surface area contributed by atoms with E-state index in [4.69, 9.17) is 4.74 Å². The topological polar surface area (TPSA) is 67.4 Å². The minimum Gasteiger partial charge on any atom is -0.475 e. The van der Waals surface area contributed by atoms with Crippen molar-refractivity contribution in [3.8, 4) is 5.75 Å². The van der Waals surface area contributed by atoms with Crippen LogP contribution in [0.4, 0.5) is 5.69 Å². The van der Waals surface area contributed by atoms with Crippen molar-refractivity contribution in [2.45, 2.75) is 51.2 Å². The predicted octanol–water partition coefficient (Wildman–Crippen LogP) is 4.38. The van der Waals surface area contributed by atoms with Crippen LogP contribution in [0, 0.1) is 6.92 Å². The molecule has 4 rings (SSSR count). The van der Waals surface area contributed by atoms with Gasteiger partial charge in [-0.3, -0.25) is 9.59 Å². The zero-order valence-corrected chi connectivity index (χ0v) is 16.6. The van der Waals surface area contributed by atoms with Gasteiger partial charge in [0.05, 0.1) is 11.1 Å². The zero-order chi connectivity index (χ0) is 20.2. The smallest absolute Gasteiger partial charge is 0.266 e. The fourth-order valence-corrected chi connectivity index (χ4v) is 3.94. The first-order chi connectivity index (χ1) is 14.1. The molecule has 0 spiro atoms. The number of carbonyl (C=O) groups is 2. The number of benzene rings is 2. The third-order valence-corrected chi connectivity index (χ3v) is 5.53. The molecule has 1 aliphatic heterocycles. The van der Waals surface area contributed by atoms with Gasteiger partial charge in [-0.05, 0) is 44.0 Å². The lowest BCUT2D eigenvalue weighted by molar-refractivity contribution is -0.127. The molecule has 1 saturated carbocycles. The van der Waals surface area contributed by atoms with Crippen LogP contribution in [0.1, 0.15) is 48.0 Å². The highest BCUT2D eigenvalue weighted by Crippen LogP contribution is 2.32. The number of nitrogens with one attached hydrogen (secondary N) is 2. The van der Waals surface area contributed by atoms with Gasteiger partial charge in [0, 0.05) is 17.9 Å². The first kappa shape index (κ1) is 19.2. The summed E-state index contributed by atoms with van der Waals surface area (Å²) in [5, 5.41) is 6.23. The van der Waals surface area contributed by atoms with Crippen LogP contribution in [-0.4, -0.2) is 23.8 Å². The van der Waals surface area contributed by atoms with Gasteiger partial charge in [-0.1, -0.05) is 49.1 Å². The van der Waals surface area contributed by atoms with E-state index in [-0.39, 0.29) is 17.7 Å². The predicted molar refractivity (Wildman–Crippen MR) is 113 cm³/mol. The number of hydrogen-bond acceptors (Lipinski definition) is 4. The molecule has 1 aliphatic carbocycles. The maximum atomic E-state index is 13.2. The van der Waals surface area contributed by atoms with Gasteiger partial charge in [-0.15, -0.1) is 0 Å². The van der Waals surface area contributed by atoms with Crippen LogP contribution >= 0.6 is 0 Å². The Morgan fingerprint density at radius 2 is 1.83 bits per heavy atom. The Balaban J connectivity index is 1.63. The van der Waals surface area contributed by atoms with Gasteiger partial charge in [0.25, 0.3) is 5.91 Å². The lowest BCUT2D eigenvalue weighted by Gasteiger charge is -2.30. The average molecular weight is 390 g/mol. The number of Topliss-reactive ketones (excluding diaryl/α,β-unsaturated/α-hetero) is 1. The third kappa shape index (κ3) is 4.34. The Hall–Kier alpha value is -3.08. The minimum atomic E-state index is -0.962. The van der Waals surface area contributed by atoms with E-state index in [0.717, 1.165) is 36.9 Å². The summed E-state index contributed by atoms with van der Waals surface area (Å²) in [5.41, 5.74) is 2.63. The summed E-state index contributed by atoms with van der Waals surface area (Å²) >= 11 is 0. The quantitative estimate of drug-likeness (QED) is 0.760. The van der Waals surface area contributed by atoms with Crippen molar-refractivity contribution >= 4 is 17.4 Å². The summed E-state index contributed by atoms with van der Waals surface area (Å²) in [4.78, 5) is 26.3. The van der Waals surface area contributed by atoms with Crippen molar-refractivity contribution in [2.75, 3.05) is 5.32 Å². The van der Waals surface area contributed by atoms with Gasteiger partial charge in [-0.2, -0.15) is 0 Å². The number of amides is 1. The van der Waals surface area contributed by atoms with Crippen molar-refractivity contribution in [1.82, 2.24) is 5.32 Å². The highest BCUT2D eigenvalue weighted by molar-refractivity contribution is 6.15. The summed E-state index contributed by atoms with van der Waals surface area (Å²) in [6.07, 6.45) is 6.05. The van der Waals surface area contributed by atoms with Crippen molar-refractivity contribution in [3.05, 3.63) is 71.4 Å². The van der Waals surface area contributed by atoms with Crippen molar-refractivity contribution in [3.63, 3.8) is 0 Å². The summed E-state index contributed by atoms with van der Waals surface area (Å²) in [6, 6.07) is 15.2. The van der Waals surface area contributed by atoms with Crippen molar-refractivity contribution < 1.29 is 14.3 Å². The van der Waals surface area contributed by atoms with E-state index in [1.807, 2.05) is 49.4 Å². The Kier molecular flexibility index (Phi) is 5.65. The van der Waals surface area contributed by atoms with Crippen molar-refractivity contribution in [2.24, 2.45) is 0 Å². The maximum absolute atomic E-state index is 13.2. The molecule has 0 bridgehead atoms. The SMILES string of the molecule is Cc1ccc2c(c1)C(=O)/C(=C\Nc1ccccc1)C(C(=O)NC1CCCCC1)O2. The van der Waals surface area contributed by atoms with Gasteiger partial charge in [0.1, 0.15) is 5.75 Å². The molecule has 1 unspecified atom stereocenters. The number of carbonyl (C=O) groups excluding carboxylic acids is 2. The van der Waals surface area contributed by atoms with Crippen LogP contribution in [0.3, 0.4) is 0 Å². The number of hydrogen-bond donors (Lipinski definition) is 2. The number of fused-ring (bicyclic) bond motifs is 1. The second-order valence-electron chi connectivity index (χ2n) is 7.78. The summed E-state index contributed by atoms with van der Waals surface area (Å²) < 4.78 is 6.02.